The molecule has 0 bridgehead atoms. The largest absolute Gasteiger partial charge is 0.398 e. The Labute approximate surface area is 128 Å². The Morgan fingerprint density at radius 3 is 2.25 bits per heavy atom. The van der Waals surface area contributed by atoms with Crippen molar-refractivity contribution in [3.05, 3.63) is 52.8 Å². The van der Waals surface area contributed by atoms with Gasteiger partial charge in [-0.05, 0) is 35.2 Å². The molecule has 0 unspecified atom stereocenters. The van der Waals surface area contributed by atoms with Crippen LogP contribution in [0.5, 0.6) is 0 Å². The third-order valence-corrected chi connectivity index (χ3v) is 4.37. The van der Waals surface area contributed by atoms with Crippen molar-refractivity contribution >= 4 is 29.1 Å². The zero-order valence-corrected chi connectivity index (χ0v) is 13.3. The van der Waals surface area contributed by atoms with E-state index in [9.17, 15) is 4.39 Å². The quantitative estimate of drug-likeness (QED) is 0.740. The molecule has 0 aliphatic heterocycles. The summed E-state index contributed by atoms with van der Waals surface area (Å²) in [4.78, 5) is 1.81. The van der Waals surface area contributed by atoms with Gasteiger partial charge in [-0.15, -0.1) is 0 Å². The summed E-state index contributed by atoms with van der Waals surface area (Å²) < 4.78 is 13.3. The topological polar surface area (TPSA) is 26.0 Å². The molecule has 0 aliphatic rings. The van der Waals surface area contributed by atoms with Crippen molar-refractivity contribution in [1.29, 1.82) is 0 Å². The molecule has 0 saturated carbocycles. The first-order valence-corrected chi connectivity index (χ1v) is 7.50. The van der Waals surface area contributed by atoms with Crippen molar-refractivity contribution in [2.24, 2.45) is 0 Å². The lowest BCUT2D eigenvalue weighted by Crippen LogP contribution is -2.10. The number of nitrogens with two attached hydrogens (primary N) is 1. The van der Waals surface area contributed by atoms with Gasteiger partial charge in [0.1, 0.15) is 5.82 Å². The van der Waals surface area contributed by atoms with E-state index >= 15 is 0 Å². The summed E-state index contributed by atoms with van der Waals surface area (Å²) in [6.45, 7) is 6.52. The lowest BCUT2D eigenvalue weighted by atomic mass is 9.87. The smallest absolute Gasteiger partial charge is 0.143 e. The van der Waals surface area contributed by atoms with Crippen LogP contribution in [0.2, 0.25) is 5.02 Å². The van der Waals surface area contributed by atoms with Crippen LogP contribution < -0.4 is 5.73 Å². The molecule has 0 amide bonds. The minimum absolute atomic E-state index is 0.0908. The Kier molecular flexibility index (Phi) is 4.31. The molecule has 2 N–H and O–H groups in total. The number of rotatable bonds is 2. The fourth-order valence-electron chi connectivity index (χ4n) is 1.78. The standard InChI is InChI=1S/C16H17ClFNS/c1-16(2,3)10-4-6-11(7-5-10)20-15-8-12(17)13(18)9-14(15)19/h4-9H,19H2,1-3H3. The Morgan fingerprint density at radius 2 is 1.70 bits per heavy atom. The van der Waals surface area contributed by atoms with E-state index in [2.05, 4.69) is 32.9 Å². The number of hydrogen-bond acceptors (Lipinski definition) is 2. The number of halogens is 2. The predicted molar refractivity (Wildman–Crippen MR) is 85.1 cm³/mol. The van der Waals surface area contributed by atoms with E-state index in [4.69, 9.17) is 17.3 Å². The molecule has 0 radical (unpaired) electrons. The molecule has 0 heterocycles. The van der Waals surface area contributed by atoms with Gasteiger partial charge in [-0.3, -0.25) is 0 Å². The van der Waals surface area contributed by atoms with Crippen molar-refractivity contribution in [2.45, 2.75) is 36.0 Å². The number of nitrogen functional groups attached to an aromatic ring is 1. The van der Waals surface area contributed by atoms with E-state index < -0.39 is 5.82 Å². The van der Waals surface area contributed by atoms with E-state index in [-0.39, 0.29) is 10.4 Å². The fraction of sp³-hybridized carbons (Fsp3) is 0.250. The number of hydrogen-bond donors (Lipinski definition) is 1. The van der Waals surface area contributed by atoms with Gasteiger partial charge in [-0.2, -0.15) is 0 Å². The van der Waals surface area contributed by atoms with Crippen LogP contribution in [0, 0.1) is 5.82 Å². The summed E-state index contributed by atoms with van der Waals surface area (Å²) in [7, 11) is 0. The average Bonchev–Trinajstić information content (AvgIpc) is 2.35. The van der Waals surface area contributed by atoms with Crippen LogP contribution in [0.25, 0.3) is 0 Å². The minimum atomic E-state index is -0.489. The Bertz CT molecular complexity index is 618. The van der Waals surface area contributed by atoms with Crippen molar-refractivity contribution in [3.8, 4) is 0 Å². The van der Waals surface area contributed by atoms with E-state index in [1.165, 1.54) is 23.4 Å². The molecule has 0 atom stereocenters. The van der Waals surface area contributed by atoms with Gasteiger partial charge in [0.05, 0.1) is 5.02 Å². The van der Waals surface area contributed by atoms with Gasteiger partial charge in [0.15, 0.2) is 0 Å². The zero-order chi connectivity index (χ0) is 14.9. The van der Waals surface area contributed by atoms with Crippen molar-refractivity contribution in [2.75, 3.05) is 5.73 Å². The maximum atomic E-state index is 13.3. The first kappa shape index (κ1) is 15.2. The van der Waals surface area contributed by atoms with Gasteiger partial charge in [0.25, 0.3) is 0 Å². The van der Waals surface area contributed by atoms with Crippen molar-refractivity contribution in [1.82, 2.24) is 0 Å². The summed E-state index contributed by atoms with van der Waals surface area (Å²) in [6, 6.07) is 11.1. The molecule has 0 fully saturated rings. The Balaban J connectivity index is 2.25. The molecule has 2 aromatic rings. The van der Waals surface area contributed by atoms with Gasteiger partial charge in [-0.25, -0.2) is 4.39 Å². The SMILES string of the molecule is CC(C)(C)c1ccc(Sc2cc(Cl)c(F)cc2N)cc1. The number of anilines is 1. The molecule has 0 saturated heterocycles. The zero-order valence-electron chi connectivity index (χ0n) is 11.7. The second-order valence-electron chi connectivity index (χ2n) is 5.68. The van der Waals surface area contributed by atoms with E-state index in [0.29, 0.717) is 5.69 Å². The predicted octanol–water partition coefficient (Wildman–Crippen LogP) is 5.51. The number of benzene rings is 2. The maximum absolute atomic E-state index is 13.3. The molecule has 0 aliphatic carbocycles. The molecular weight excluding hydrogens is 293 g/mol. The molecule has 0 aromatic heterocycles. The third-order valence-electron chi connectivity index (χ3n) is 3.00. The highest BCUT2D eigenvalue weighted by molar-refractivity contribution is 7.99. The minimum Gasteiger partial charge on any atom is -0.398 e. The highest BCUT2D eigenvalue weighted by Gasteiger charge is 2.13. The summed E-state index contributed by atoms with van der Waals surface area (Å²) in [5.41, 5.74) is 7.61. The Hall–Kier alpha value is -1.19. The van der Waals surface area contributed by atoms with Crippen LogP contribution in [0.3, 0.4) is 0 Å². The summed E-state index contributed by atoms with van der Waals surface area (Å²) >= 11 is 7.27. The van der Waals surface area contributed by atoms with Gasteiger partial charge in [-0.1, -0.05) is 56.3 Å². The normalized spacial score (nSPS) is 11.7. The Morgan fingerprint density at radius 1 is 1.10 bits per heavy atom. The van der Waals surface area contributed by atoms with E-state index in [0.717, 1.165) is 9.79 Å². The highest BCUT2D eigenvalue weighted by atomic mass is 35.5. The van der Waals surface area contributed by atoms with Crippen molar-refractivity contribution < 1.29 is 4.39 Å². The lowest BCUT2D eigenvalue weighted by molar-refractivity contribution is 0.590. The van der Waals surface area contributed by atoms with Gasteiger partial charge < -0.3 is 5.73 Å². The average molecular weight is 310 g/mol. The van der Waals surface area contributed by atoms with Crippen LogP contribution in [0.4, 0.5) is 10.1 Å². The first-order chi connectivity index (χ1) is 9.27. The lowest BCUT2D eigenvalue weighted by Gasteiger charge is -2.19. The molecule has 2 aromatic carbocycles. The second-order valence-corrected chi connectivity index (χ2v) is 7.20. The van der Waals surface area contributed by atoms with Crippen LogP contribution >= 0.6 is 23.4 Å². The highest BCUT2D eigenvalue weighted by Crippen LogP contribution is 2.36. The monoisotopic (exact) mass is 309 g/mol. The maximum Gasteiger partial charge on any atom is 0.143 e. The van der Waals surface area contributed by atoms with Gasteiger partial charge in [0, 0.05) is 15.5 Å². The fourth-order valence-corrected chi connectivity index (χ4v) is 2.89. The molecule has 2 rings (SSSR count). The van der Waals surface area contributed by atoms with E-state index in [1.54, 1.807) is 6.07 Å². The molecule has 106 valence electrons. The molecular formula is C16H17ClFNS. The molecule has 20 heavy (non-hydrogen) atoms. The van der Waals surface area contributed by atoms with Crippen LogP contribution in [0.15, 0.2) is 46.2 Å². The van der Waals surface area contributed by atoms with Gasteiger partial charge >= 0.3 is 0 Å². The molecule has 1 nitrogen and oxygen atoms in total. The summed E-state index contributed by atoms with van der Waals surface area (Å²) in [6.07, 6.45) is 0. The van der Waals surface area contributed by atoms with Crippen LogP contribution in [-0.2, 0) is 5.41 Å². The second kappa shape index (κ2) is 5.66. The van der Waals surface area contributed by atoms with Gasteiger partial charge in [0.2, 0.25) is 0 Å². The van der Waals surface area contributed by atoms with Crippen molar-refractivity contribution in [3.63, 3.8) is 0 Å². The summed E-state index contributed by atoms with van der Waals surface area (Å²) in [5.74, 6) is -0.489. The first-order valence-electron chi connectivity index (χ1n) is 6.30. The van der Waals surface area contributed by atoms with E-state index in [1.807, 2.05) is 12.1 Å². The molecule has 0 spiro atoms. The van der Waals surface area contributed by atoms with Crippen LogP contribution in [0.1, 0.15) is 26.3 Å². The molecule has 4 heteroatoms. The van der Waals surface area contributed by atoms with Crippen LogP contribution in [-0.4, -0.2) is 0 Å². The third kappa shape index (κ3) is 3.47. The summed E-state index contributed by atoms with van der Waals surface area (Å²) in [5, 5.41) is 0.0908.